The van der Waals surface area contributed by atoms with Crippen LogP contribution in [0.4, 0.5) is 0 Å². The van der Waals surface area contributed by atoms with Gasteiger partial charge in [-0.3, -0.25) is 14.8 Å². The summed E-state index contributed by atoms with van der Waals surface area (Å²) >= 11 is 0. The number of aromatic nitrogens is 2. The van der Waals surface area contributed by atoms with E-state index in [9.17, 15) is 4.79 Å². The van der Waals surface area contributed by atoms with E-state index in [0.717, 1.165) is 16.7 Å². The normalized spacial score (nSPS) is 10.7. The predicted octanol–water partition coefficient (Wildman–Crippen LogP) is 4.13. The zero-order valence-corrected chi connectivity index (χ0v) is 17.2. The summed E-state index contributed by atoms with van der Waals surface area (Å²) in [5, 5.41) is 0. The molecule has 6 nitrogen and oxygen atoms in total. The highest BCUT2D eigenvalue weighted by Gasteiger charge is 2.17. The van der Waals surface area contributed by atoms with Gasteiger partial charge in [-0.2, -0.15) is 0 Å². The number of hydrogen-bond donors (Lipinski definition) is 0. The molecule has 0 saturated heterocycles. The van der Waals surface area contributed by atoms with Gasteiger partial charge in [0.15, 0.2) is 18.1 Å². The zero-order valence-electron chi connectivity index (χ0n) is 17.2. The summed E-state index contributed by atoms with van der Waals surface area (Å²) in [5.41, 5.74) is 2.95. The van der Waals surface area contributed by atoms with Crippen molar-refractivity contribution in [2.75, 3.05) is 13.7 Å². The van der Waals surface area contributed by atoms with Crippen LogP contribution in [-0.4, -0.2) is 34.5 Å². The van der Waals surface area contributed by atoms with Gasteiger partial charge in [0.05, 0.1) is 7.11 Å². The van der Waals surface area contributed by atoms with Gasteiger partial charge in [0, 0.05) is 37.9 Å². The topological polar surface area (TPSA) is 64.5 Å². The van der Waals surface area contributed by atoms with Crippen molar-refractivity contribution in [2.24, 2.45) is 0 Å². The molecule has 0 aliphatic carbocycles. The van der Waals surface area contributed by atoms with Crippen LogP contribution in [0.15, 0.2) is 73.3 Å². The molecular weight excluding hydrogens is 378 g/mol. The molecule has 0 spiro atoms. The van der Waals surface area contributed by atoms with Crippen LogP contribution in [0, 0.1) is 0 Å². The number of carbonyl (C=O) groups is 1. The molecule has 0 bridgehead atoms. The largest absolute Gasteiger partial charge is 0.493 e. The lowest BCUT2D eigenvalue weighted by Gasteiger charge is -2.23. The lowest BCUT2D eigenvalue weighted by Crippen LogP contribution is -2.34. The van der Waals surface area contributed by atoms with E-state index in [1.807, 2.05) is 61.5 Å². The van der Waals surface area contributed by atoms with Crippen molar-refractivity contribution in [3.05, 3.63) is 90.0 Å². The fourth-order valence-corrected chi connectivity index (χ4v) is 2.98. The number of amides is 1. The third-order valence-corrected chi connectivity index (χ3v) is 4.47. The number of hydrogen-bond acceptors (Lipinski definition) is 5. The maximum atomic E-state index is 13.0. The number of methoxy groups -OCH3 is 1. The first-order valence-electron chi connectivity index (χ1n) is 9.68. The van der Waals surface area contributed by atoms with Crippen molar-refractivity contribution in [1.82, 2.24) is 14.9 Å². The maximum Gasteiger partial charge on any atom is 0.261 e. The fourth-order valence-electron chi connectivity index (χ4n) is 2.98. The molecule has 30 heavy (non-hydrogen) atoms. The van der Waals surface area contributed by atoms with Crippen LogP contribution in [0.3, 0.4) is 0 Å². The van der Waals surface area contributed by atoms with Crippen LogP contribution in [0.25, 0.3) is 6.08 Å². The van der Waals surface area contributed by atoms with E-state index in [1.165, 1.54) is 0 Å². The average molecular weight is 403 g/mol. The van der Waals surface area contributed by atoms with E-state index >= 15 is 0 Å². The minimum Gasteiger partial charge on any atom is -0.493 e. The van der Waals surface area contributed by atoms with Crippen molar-refractivity contribution in [1.29, 1.82) is 0 Å². The van der Waals surface area contributed by atoms with Gasteiger partial charge in [-0.05, 0) is 53.9 Å². The molecular formula is C24H25N3O3. The second-order valence-corrected chi connectivity index (χ2v) is 6.67. The van der Waals surface area contributed by atoms with Gasteiger partial charge in [0.1, 0.15) is 0 Å². The molecule has 2 heterocycles. The molecule has 0 saturated carbocycles. The molecule has 0 N–H and O–H groups in total. The first-order chi connectivity index (χ1) is 14.7. The molecule has 6 heteroatoms. The van der Waals surface area contributed by atoms with E-state index in [2.05, 4.69) is 9.97 Å². The molecule has 0 aliphatic heterocycles. The Morgan fingerprint density at radius 1 is 1.00 bits per heavy atom. The molecule has 0 atom stereocenters. The van der Waals surface area contributed by atoms with Crippen LogP contribution in [0.1, 0.15) is 23.6 Å². The first kappa shape index (κ1) is 21.0. The number of carbonyl (C=O) groups excluding carboxylic acids is 1. The number of benzene rings is 1. The van der Waals surface area contributed by atoms with E-state index in [4.69, 9.17) is 9.47 Å². The lowest BCUT2D eigenvalue weighted by molar-refractivity contribution is -0.134. The molecule has 2 aromatic heterocycles. The molecule has 0 radical (unpaired) electrons. The number of ether oxygens (including phenoxy) is 2. The number of nitrogens with zero attached hydrogens (tertiary/aromatic N) is 3. The van der Waals surface area contributed by atoms with E-state index in [-0.39, 0.29) is 12.5 Å². The summed E-state index contributed by atoms with van der Waals surface area (Å²) in [6.45, 7) is 2.76. The third-order valence-electron chi connectivity index (χ3n) is 4.47. The molecule has 1 aromatic carbocycles. The van der Waals surface area contributed by atoms with E-state index < -0.39 is 0 Å². The molecule has 3 aromatic rings. The Hall–Kier alpha value is -3.67. The molecule has 1 amide bonds. The zero-order chi connectivity index (χ0) is 21.2. The number of allylic oxidation sites excluding steroid dienone is 1. The summed E-state index contributed by atoms with van der Waals surface area (Å²) in [4.78, 5) is 22.9. The minimum atomic E-state index is -0.129. The van der Waals surface area contributed by atoms with Gasteiger partial charge >= 0.3 is 0 Å². The van der Waals surface area contributed by atoms with Crippen molar-refractivity contribution in [2.45, 2.75) is 20.0 Å². The monoisotopic (exact) mass is 403 g/mol. The van der Waals surface area contributed by atoms with Crippen LogP contribution in [0.5, 0.6) is 11.5 Å². The van der Waals surface area contributed by atoms with Gasteiger partial charge in [-0.15, -0.1) is 0 Å². The first-order valence-corrected chi connectivity index (χ1v) is 9.68. The highest BCUT2D eigenvalue weighted by molar-refractivity contribution is 5.78. The standard InChI is InChI=1S/C24H25N3O3/c1-3-5-19-7-8-22(23(14-19)29-2)30-18-24(28)27(16-20-9-12-25-13-10-20)17-21-6-4-11-26-15-21/h3-15H,16-18H2,1-2H3/b5-3+. The maximum absolute atomic E-state index is 13.0. The smallest absolute Gasteiger partial charge is 0.261 e. The summed E-state index contributed by atoms with van der Waals surface area (Å²) in [6.07, 6.45) is 10.8. The van der Waals surface area contributed by atoms with Crippen molar-refractivity contribution in [3.8, 4) is 11.5 Å². The van der Waals surface area contributed by atoms with Crippen molar-refractivity contribution in [3.63, 3.8) is 0 Å². The molecule has 3 rings (SSSR count). The minimum absolute atomic E-state index is 0.0926. The Labute approximate surface area is 176 Å². The molecule has 0 fully saturated rings. The number of pyridine rings is 2. The van der Waals surface area contributed by atoms with Crippen LogP contribution in [0.2, 0.25) is 0 Å². The van der Waals surface area contributed by atoms with Gasteiger partial charge in [-0.25, -0.2) is 0 Å². The molecule has 0 unspecified atom stereocenters. The summed E-state index contributed by atoms with van der Waals surface area (Å²) in [5.74, 6) is 0.992. The quantitative estimate of drug-likeness (QED) is 0.538. The average Bonchev–Trinajstić information content (AvgIpc) is 2.79. The van der Waals surface area contributed by atoms with E-state index in [1.54, 1.807) is 36.8 Å². The van der Waals surface area contributed by atoms with Crippen LogP contribution in [-0.2, 0) is 17.9 Å². The van der Waals surface area contributed by atoms with Crippen molar-refractivity contribution >= 4 is 12.0 Å². The second-order valence-electron chi connectivity index (χ2n) is 6.67. The van der Waals surface area contributed by atoms with Crippen LogP contribution >= 0.6 is 0 Å². The summed E-state index contributed by atoms with van der Waals surface area (Å²) in [7, 11) is 1.58. The van der Waals surface area contributed by atoms with Gasteiger partial charge < -0.3 is 14.4 Å². The van der Waals surface area contributed by atoms with Gasteiger partial charge in [-0.1, -0.05) is 24.3 Å². The summed E-state index contributed by atoms with van der Waals surface area (Å²) in [6, 6.07) is 13.2. The second kappa shape index (κ2) is 10.8. The van der Waals surface area contributed by atoms with Gasteiger partial charge in [0.2, 0.25) is 0 Å². The lowest BCUT2D eigenvalue weighted by atomic mass is 10.2. The third kappa shape index (κ3) is 5.91. The Morgan fingerprint density at radius 3 is 2.50 bits per heavy atom. The Kier molecular flexibility index (Phi) is 7.55. The number of rotatable bonds is 9. The summed E-state index contributed by atoms with van der Waals surface area (Å²) < 4.78 is 11.2. The van der Waals surface area contributed by atoms with Gasteiger partial charge in [0.25, 0.3) is 5.91 Å². The van der Waals surface area contributed by atoms with E-state index in [0.29, 0.717) is 24.6 Å². The highest BCUT2D eigenvalue weighted by atomic mass is 16.5. The highest BCUT2D eigenvalue weighted by Crippen LogP contribution is 2.28. The Morgan fingerprint density at radius 2 is 1.80 bits per heavy atom. The van der Waals surface area contributed by atoms with Crippen molar-refractivity contribution < 1.29 is 14.3 Å². The fraction of sp³-hybridized carbons (Fsp3) is 0.208. The SMILES string of the molecule is C/C=C/c1ccc(OCC(=O)N(Cc2ccncc2)Cc2cccnc2)c(OC)c1. The molecule has 0 aliphatic rings. The predicted molar refractivity (Wildman–Crippen MR) is 116 cm³/mol. The molecule has 154 valence electrons. The Balaban J connectivity index is 1.72. The van der Waals surface area contributed by atoms with Crippen LogP contribution < -0.4 is 9.47 Å². The Bertz CT molecular complexity index is 934.